The predicted octanol–water partition coefficient (Wildman–Crippen LogP) is 0.0336. The van der Waals surface area contributed by atoms with Crippen molar-refractivity contribution in [3.05, 3.63) is 0 Å². The van der Waals surface area contributed by atoms with Crippen molar-refractivity contribution in [2.75, 3.05) is 0 Å². The molecule has 0 aliphatic carbocycles. The standard InChI is InChI=1S/C12H22O4/c1-9(2,13)11(5,15)7-8-12(6,16)10(3,4)14/h13-16H,1-6H3/t11-,12-/m1/s1. The fourth-order valence-electron chi connectivity index (χ4n) is 0.549. The Balaban J connectivity index is 5.17. The molecule has 0 heterocycles. The highest BCUT2D eigenvalue weighted by atomic mass is 16.4. The molecule has 0 amide bonds. The molecule has 0 spiro atoms. The molecule has 0 fully saturated rings. The zero-order valence-electron chi connectivity index (χ0n) is 10.8. The molecule has 0 aromatic heterocycles. The summed E-state index contributed by atoms with van der Waals surface area (Å²) in [6, 6.07) is 0. The smallest absolute Gasteiger partial charge is 0.150 e. The van der Waals surface area contributed by atoms with Crippen molar-refractivity contribution in [2.24, 2.45) is 0 Å². The first-order chi connectivity index (χ1) is 6.71. The van der Waals surface area contributed by atoms with Crippen LogP contribution in [0.15, 0.2) is 0 Å². The van der Waals surface area contributed by atoms with Gasteiger partial charge in [-0.2, -0.15) is 0 Å². The molecule has 0 unspecified atom stereocenters. The molecule has 0 bridgehead atoms. The molecule has 16 heavy (non-hydrogen) atoms. The van der Waals surface area contributed by atoms with Crippen molar-refractivity contribution >= 4 is 0 Å². The van der Waals surface area contributed by atoms with Crippen LogP contribution in [0.2, 0.25) is 0 Å². The Morgan fingerprint density at radius 3 is 0.875 bits per heavy atom. The Kier molecular flexibility index (Phi) is 3.86. The number of aliphatic hydroxyl groups is 4. The van der Waals surface area contributed by atoms with Gasteiger partial charge in [-0.15, -0.1) is 0 Å². The number of hydrogen-bond donors (Lipinski definition) is 4. The van der Waals surface area contributed by atoms with E-state index in [1.54, 1.807) is 0 Å². The van der Waals surface area contributed by atoms with Crippen molar-refractivity contribution in [1.29, 1.82) is 0 Å². The SMILES string of the molecule is CC(C)(O)[C@](C)(O)C#C[C@@](C)(O)C(C)(C)O. The first-order valence-corrected chi connectivity index (χ1v) is 5.14. The summed E-state index contributed by atoms with van der Waals surface area (Å²) in [5.41, 5.74) is -6.17. The molecule has 4 heteroatoms. The highest BCUT2D eigenvalue weighted by Gasteiger charge is 2.39. The molecule has 0 aliphatic rings. The van der Waals surface area contributed by atoms with Gasteiger partial charge in [-0.1, -0.05) is 11.8 Å². The predicted molar refractivity (Wildman–Crippen MR) is 61.6 cm³/mol. The Bertz CT molecular complexity index is 275. The van der Waals surface area contributed by atoms with Gasteiger partial charge >= 0.3 is 0 Å². The maximum Gasteiger partial charge on any atom is 0.150 e. The molecule has 0 rings (SSSR count). The van der Waals surface area contributed by atoms with Crippen molar-refractivity contribution in [3.63, 3.8) is 0 Å². The molecule has 0 radical (unpaired) electrons. The summed E-state index contributed by atoms with van der Waals surface area (Å²) in [6.07, 6.45) is 0. The maximum absolute atomic E-state index is 9.86. The van der Waals surface area contributed by atoms with Crippen LogP contribution < -0.4 is 0 Å². The zero-order chi connectivity index (χ0) is 13.4. The van der Waals surface area contributed by atoms with Crippen LogP contribution in [0.5, 0.6) is 0 Å². The molecule has 0 aromatic rings. The Morgan fingerprint density at radius 2 is 0.750 bits per heavy atom. The van der Waals surface area contributed by atoms with E-state index in [1.165, 1.54) is 41.5 Å². The van der Waals surface area contributed by atoms with Gasteiger partial charge in [-0.05, 0) is 41.5 Å². The van der Waals surface area contributed by atoms with Crippen LogP contribution in [0.25, 0.3) is 0 Å². The summed E-state index contributed by atoms with van der Waals surface area (Å²) in [6.45, 7) is 8.36. The Labute approximate surface area is 96.9 Å². The average Bonchev–Trinajstić information content (AvgIpc) is 1.97. The van der Waals surface area contributed by atoms with Gasteiger partial charge < -0.3 is 20.4 Å². The summed E-state index contributed by atoms with van der Waals surface area (Å²) in [7, 11) is 0. The fraction of sp³-hybridized carbons (Fsp3) is 0.833. The Hall–Kier alpha value is -0.600. The van der Waals surface area contributed by atoms with Crippen LogP contribution in [-0.4, -0.2) is 42.8 Å². The largest absolute Gasteiger partial charge is 0.386 e. The van der Waals surface area contributed by atoms with E-state index >= 15 is 0 Å². The van der Waals surface area contributed by atoms with Crippen LogP contribution in [0.1, 0.15) is 41.5 Å². The second kappa shape index (κ2) is 4.01. The van der Waals surface area contributed by atoms with Gasteiger partial charge in [0.2, 0.25) is 0 Å². The molecule has 4 N–H and O–H groups in total. The first kappa shape index (κ1) is 15.4. The number of hydrogen-bond acceptors (Lipinski definition) is 4. The molecular formula is C12H22O4. The molecule has 0 aromatic carbocycles. The second-order valence-corrected chi connectivity index (χ2v) is 5.51. The molecule has 94 valence electrons. The minimum absolute atomic E-state index is 1.35. The van der Waals surface area contributed by atoms with Crippen LogP contribution in [0.4, 0.5) is 0 Å². The van der Waals surface area contributed by atoms with E-state index < -0.39 is 22.4 Å². The van der Waals surface area contributed by atoms with E-state index in [9.17, 15) is 20.4 Å². The second-order valence-electron chi connectivity index (χ2n) is 5.51. The minimum atomic E-state index is -1.66. The average molecular weight is 230 g/mol. The highest BCUT2D eigenvalue weighted by molar-refractivity contribution is 5.25. The lowest BCUT2D eigenvalue weighted by Gasteiger charge is -2.33. The fourth-order valence-corrected chi connectivity index (χ4v) is 0.549. The van der Waals surface area contributed by atoms with Crippen molar-refractivity contribution in [3.8, 4) is 11.8 Å². The van der Waals surface area contributed by atoms with E-state index in [0.29, 0.717) is 0 Å². The maximum atomic E-state index is 9.86. The zero-order valence-corrected chi connectivity index (χ0v) is 10.8. The third-order valence-corrected chi connectivity index (χ3v) is 2.93. The van der Waals surface area contributed by atoms with Gasteiger partial charge in [0.1, 0.15) is 0 Å². The van der Waals surface area contributed by atoms with Crippen molar-refractivity contribution in [2.45, 2.75) is 63.9 Å². The highest BCUT2D eigenvalue weighted by Crippen LogP contribution is 2.23. The third-order valence-electron chi connectivity index (χ3n) is 2.93. The normalized spacial score (nSPS) is 20.4. The van der Waals surface area contributed by atoms with Crippen LogP contribution >= 0.6 is 0 Å². The van der Waals surface area contributed by atoms with Gasteiger partial charge in [0.25, 0.3) is 0 Å². The third kappa shape index (κ3) is 3.46. The lowest BCUT2D eigenvalue weighted by molar-refractivity contribution is -0.0891. The van der Waals surface area contributed by atoms with Gasteiger partial charge in [-0.25, -0.2) is 0 Å². The van der Waals surface area contributed by atoms with E-state index in [0.717, 1.165) is 0 Å². The summed E-state index contributed by atoms with van der Waals surface area (Å²) >= 11 is 0. The molecule has 0 saturated carbocycles. The summed E-state index contributed by atoms with van der Waals surface area (Å²) in [4.78, 5) is 0. The van der Waals surface area contributed by atoms with Gasteiger partial charge in [0, 0.05) is 0 Å². The summed E-state index contributed by atoms with van der Waals surface area (Å²) in [5.74, 6) is 4.78. The van der Waals surface area contributed by atoms with E-state index in [2.05, 4.69) is 11.8 Å². The van der Waals surface area contributed by atoms with Gasteiger partial charge in [0.05, 0.1) is 11.2 Å². The van der Waals surface area contributed by atoms with Crippen LogP contribution in [0, 0.1) is 11.8 Å². The molecule has 0 aliphatic heterocycles. The molecule has 4 nitrogen and oxygen atoms in total. The van der Waals surface area contributed by atoms with Crippen LogP contribution in [0.3, 0.4) is 0 Å². The number of rotatable bonds is 2. The minimum Gasteiger partial charge on any atom is -0.386 e. The van der Waals surface area contributed by atoms with Gasteiger partial charge in [-0.3, -0.25) is 0 Å². The van der Waals surface area contributed by atoms with E-state index in [-0.39, 0.29) is 0 Å². The van der Waals surface area contributed by atoms with E-state index in [4.69, 9.17) is 0 Å². The first-order valence-electron chi connectivity index (χ1n) is 5.14. The quantitative estimate of drug-likeness (QED) is 0.505. The van der Waals surface area contributed by atoms with Gasteiger partial charge in [0.15, 0.2) is 11.2 Å². The topological polar surface area (TPSA) is 80.9 Å². The van der Waals surface area contributed by atoms with E-state index in [1.807, 2.05) is 0 Å². The molecular weight excluding hydrogens is 208 g/mol. The molecule has 0 saturated heterocycles. The summed E-state index contributed by atoms with van der Waals surface area (Å²) in [5, 5.41) is 39.0. The molecule has 2 atom stereocenters. The van der Waals surface area contributed by atoms with Crippen molar-refractivity contribution < 1.29 is 20.4 Å². The van der Waals surface area contributed by atoms with Crippen molar-refractivity contribution in [1.82, 2.24) is 0 Å². The monoisotopic (exact) mass is 230 g/mol. The summed E-state index contributed by atoms with van der Waals surface area (Å²) < 4.78 is 0. The lowest BCUT2D eigenvalue weighted by atomic mass is 9.84. The Morgan fingerprint density at radius 1 is 0.562 bits per heavy atom. The lowest BCUT2D eigenvalue weighted by Crippen LogP contribution is -2.49. The van der Waals surface area contributed by atoms with Crippen LogP contribution in [-0.2, 0) is 0 Å².